The lowest BCUT2D eigenvalue weighted by Gasteiger charge is -2.28. The number of hydrogen-bond donors (Lipinski definition) is 2. The monoisotopic (exact) mass is 198 g/mol. The maximum atomic E-state index is 3.54. The lowest BCUT2D eigenvalue weighted by Crippen LogP contribution is -2.29. The van der Waals surface area contributed by atoms with E-state index in [0.29, 0.717) is 0 Å². The van der Waals surface area contributed by atoms with Crippen molar-refractivity contribution in [3.05, 3.63) is 0 Å². The van der Waals surface area contributed by atoms with Gasteiger partial charge in [0.2, 0.25) is 0 Å². The van der Waals surface area contributed by atoms with Crippen molar-refractivity contribution in [2.45, 2.75) is 39.0 Å². The molecule has 1 rings (SSSR count). The molecular weight excluding hydrogens is 172 g/mol. The van der Waals surface area contributed by atoms with Gasteiger partial charge in [0, 0.05) is 0 Å². The Balaban J connectivity index is 2.03. The van der Waals surface area contributed by atoms with Crippen LogP contribution in [0.2, 0.25) is 0 Å². The molecular formula is C12H26N2. The molecule has 0 radical (unpaired) electrons. The predicted molar refractivity (Wildman–Crippen MR) is 62.5 cm³/mol. The molecule has 2 N–H and O–H groups in total. The van der Waals surface area contributed by atoms with Crippen LogP contribution in [0, 0.1) is 11.8 Å². The summed E-state index contributed by atoms with van der Waals surface area (Å²) in [7, 11) is 2.06. The van der Waals surface area contributed by atoms with Gasteiger partial charge in [-0.1, -0.05) is 6.92 Å². The largest absolute Gasteiger partial charge is 0.319 e. The lowest BCUT2D eigenvalue weighted by molar-refractivity contribution is 0.265. The Morgan fingerprint density at radius 3 is 2.07 bits per heavy atom. The molecule has 1 saturated carbocycles. The Hall–Kier alpha value is -0.0800. The summed E-state index contributed by atoms with van der Waals surface area (Å²) >= 11 is 0. The second-order valence-electron chi connectivity index (χ2n) is 4.65. The first-order valence-electron chi connectivity index (χ1n) is 6.22. The van der Waals surface area contributed by atoms with E-state index >= 15 is 0 Å². The van der Waals surface area contributed by atoms with E-state index in [1.165, 1.54) is 51.7 Å². The van der Waals surface area contributed by atoms with E-state index in [1.54, 1.807) is 0 Å². The molecule has 2 heteroatoms. The highest BCUT2D eigenvalue weighted by Crippen LogP contribution is 2.27. The molecule has 0 saturated heterocycles. The summed E-state index contributed by atoms with van der Waals surface area (Å²) < 4.78 is 0. The van der Waals surface area contributed by atoms with Crippen LogP contribution in [0.15, 0.2) is 0 Å². The van der Waals surface area contributed by atoms with Gasteiger partial charge in [-0.2, -0.15) is 0 Å². The maximum absolute atomic E-state index is 3.54. The van der Waals surface area contributed by atoms with E-state index in [-0.39, 0.29) is 0 Å². The van der Waals surface area contributed by atoms with Crippen LogP contribution >= 0.6 is 0 Å². The summed E-state index contributed by atoms with van der Waals surface area (Å²) in [4.78, 5) is 0. The van der Waals surface area contributed by atoms with E-state index in [2.05, 4.69) is 24.6 Å². The molecule has 0 heterocycles. The highest BCUT2D eigenvalue weighted by molar-refractivity contribution is 4.74. The van der Waals surface area contributed by atoms with Crippen LogP contribution < -0.4 is 10.6 Å². The SMILES string of the molecule is CCCNCC1CCC(CNC)CC1. The molecule has 0 aromatic heterocycles. The van der Waals surface area contributed by atoms with Crippen LogP contribution in [0.25, 0.3) is 0 Å². The second-order valence-corrected chi connectivity index (χ2v) is 4.65. The molecule has 0 atom stereocenters. The van der Waals surface area contributed by atoms with Crippen molar-refractivity contribution in [1.29, 1.82) is 0 Å². The molecule has 0 aliphatic heterocycles. The molecule has 0 unspecified atom stereocenters. The Bertz CT molecular complexity index is 128. The van der Waals surface area contributed by atoms with Gasteiger partial charge >= 0.3 is 0 Å². The molecule has 1 fully saturated rings. The summed E-state index contributed by atoms with van der Waals surface area (Å²) in [5.74, 6) is 1.90. The van der Waals surface area contributed by atoms with Crippen molar-refractivity contribution < 1.29 is 0 Å². The molecule has 0 bridgehead atoms. The molecule has 0 amide bonds. The van der Waals surface area contributed by atoms with Gasteiger partial charge < -0.3 is 10.6 Å². The van der Waals surface area contributed by atoms with E-state index < -0.39 is 0 Å². The van der Waals surface area contributed by atoms with E-state index in [1.807, 2.05) is 0 Å². The van der Waals surface area contributed by atoms with Gasteiger partial charge in [-0.05, 0) is 70.6 Å². The topological polar surface area (TPSA) is 24.1 Å². The summed E-state index contributed by atoms with van der Waals surface area (Å²) in [6, 6.07) is 0. The first-order valence-corrected chi connectivity index (χ1v) is 6.22. The minimum atomic E-state index is 0.947. The first kappa shape index (κ1) is 12.0. The molecule has 0 aromatic rings. The summed E-state index contributed by atoms with van der Waals surface area (Å²) in [5.41, 5.74) is 0. The quantitative estimate of drug-likeness (QED) is 0.638. The average Bonchev–Trinajstić information content (AvgIpc) is 2.21. The van der Waals surface area contributed by atoms with Crippen molar-refractivity contribution in [3.63, 3.8) is 0 Å². The third kappa shape index (κ3) is 4.43. The minimum Gasteiger partial charge on any atom is -0.319 e. The summed E-state index contributed by atoms with van der Waals surface area (Å²) in [6.45, 7) is 5.89. The highest BCUT2D eigenvalue weighted by atomic mass is 14.9. The Labute approximate surface area is 88.8 Å². The van der Waals surface area contributed by atoms with Crippen LogP contribution in [-0.4, -0.2) is 26.7 Å². The molecule has 0 aromatic carbocycles. The predicted octanol–water partition coefficient (Wildman–Crippen LogP) is 2.01. The molecule has 2 nitrogen and oxygen atoms in total. The number of hydrogen-bond acceptors (Lipinski definition) is 2. The van der Waals surface area contributed by atoms with Crippen LogP contribution in [0.3, 0.4) is 0 Å². The summed E-state index contributed by atoms with van der Waals surface area (Å²) in [5, 5.41) is 6.82. The van der Waals surface area contributed by atoms with Crippen molar-refractivity contribution in [3.8, 4) is 0 Å². The normalized spacial score (nSPS) is 27.9. The van der Waals surface area contributed by atoms with Gasteiger partial charge in [0.25, 0.3) is 0 Å². The summed E-state index contributed by atoms with van der Waals surface area (Å²) in [6.07, 6.45) is 6.99. The maximum Gasteiger partial charge on any atom is -0.00205 e. The van der Waals surface area contributed by atoms with Crippen molar-refractivity contribution in [1.82, 2.24) is 10.6 Å². The van der Waals surface area contributed by atoms with Gasteiger partial charge in [0.05, 0.1) is 0 Å². The minimum absolute atomic E-state index is 0.947. The van der Waals surface area contributed by atoms with Crippen LogP contribution in [0.1, 0.15) is 39.0 Å². The van der Waals surface area contributed by atoms with Gasteiger partial charge in [0.1, 0.15) is 0 Å². The fourth-order valence-electron chi connectivity index (χ4n) is 2.41. The molecule has 14 heavy (non-hydrogen) atoms. The lowest BCUT2D eigenvalue weighted by atomic mass is 9.82. The van der Waals surface area contributed by atoms with Gasteiger partial charge in [0.15, 0.2) is 0 Å². The number of nitrogens with one attached hydrogen (secondary N) is 2. The Morgan fingerprint density at radius 2 is 1.57 bits per heavy atom. The van der Waals surface area contributed by atoms with Gasteiger partial charge in [-0.15, -0.1) is 0 Å². The Morgan fingerprint density at radius 1 is 1.00 bits per heavy atom. The van der Waals surface area contributed by atoms with E-state index in [4.69, 9.17) is 0 Å². The van der Waals surface area contributed by atoms with Gasteiger partial charge in [-0.3, -0.25) is 0 Å². The van der Waals surface area contributed by atoms with Gasteiger partial charge in [-0.25, -0.2) is 0 Å². The van der Waals surface area contributed by atoms with E-state index in [9.17, 15) is 0 Å². The van der Waals surface area contributed by atoms with Crippen molar-refractivity contribution in [2.75, 3.05) is 26.7 Å². The first-order chi connectivity index (χ1) is 6.86. The fraction of sp³-hybridized carbons (Fsp3) is 1.00. The van der Waals surface area contributed by atoms with Crippen molar-refractivity contribution >= 4 is 0 Å². The zero-order valence-corrected chi connectivity index (χ0v) is 9.81. The molecule has 84 valence electrons. The molecule has 1 aliphatic rings. The number of rotatable bonds is 6. The second kappa shape index (κ2) is 7.24. The van der Waals surface area contributed by atoms with Crippen LogP contribution in [0.4, 0.5) is 0 Å². The smallest absolute Gasteiger partial charge is 0.00205 e. The third-order valence-corrected chi connectivity index (χ3v) is 3.32. The van der Waals surface area contributed by atoms with Crippen LogP contribution in [0.5, 0.6) is 0 Å². The highest BCUT2D eigenvalue weighted by Gasteiger charge is 2.19. The molecule has 1 aliphatic carbocycles. The fourth-order valence-corrected chi connectivity index (χ4v) is 2.41. The third-order valence-electron chi connectivity index (χ3n) is 3.32. The molecule has 0 spiro atoms. The average molecular weight is 198 g/mol. The standard InChI is InChI=1S/C12H26N2/c1-3-8-14-10-12-6-4-11(5-7-12)9-13-2/h11-14H,3-10H2,1-2H3. The zero-order chi connectivity index (χ0) is 10.2. The van der Waals surface area contributed by atoms with E-state index in [0.717, 1.165) is 11.8 Å². The zero-order valence-electron chi connectivity index (χ0n) is 9.81. The van der Waals surface area contributed by atoms with Crippen LogP contribution in [-0.2, 0) is 0 Å². The Kier molecular flexibility index (Phi) is 6.20. The van der Waals surface area contributed by atoms with Crippen molar-refractivity contribution in [2.24, 2.45) is 11.8 Å².